The van der Waals surface area contributed by atoms with Crippen molar-refractivity contribution < 1.29 is 41.8 Å². The van der Waals surface area contributed by atoms with Crippen molar-refractivity contribution in [2.24, 2.45) is 11.8 Å². The quantitative estimate of drug-likeness (QED) is 0.372. The Morgan fingerprint density at radius 1 is 1.16 bits per heavy atom. The minimum atomic E-state index is -5.02. The number of carbonyl (C=O) groups excluding carboxylic acids is 4. The van der Waals surface area contributed by atoms with Gasteiger partial charge in [-0.3, -0.25) is 23.9 Å². The zero-order valence-electron chi connectivity index (χ0n) is 18.7. The minimum Gasteiger partial charge on any atom is -0.372 e. The number of halogens is 3. The summed E-state index contributed by atoms with van der Waals surface area (Å²) < 4.78 is 45.8. The van der Waals surface area contributed by atoms with Crippen molar-refractivity contribution in [3.8, 4) is 0 Å². The largest absolute Gasteiger partial charge is 0.522 e. The van der Waals surface area contributed by atoms with E-state index < -0.39 is 54.7 Å². The maximum Gasteiger partial charge on any atom is 0.522 e. The van der Waals surface area contributed by atoms with Crippen molar-refractivity contribution in [3.63, 3.8) is 0 Å². The van der Waals surface area contributed by atoms with Gasteiger partial charge in [0, 0.05) is 19.6 Å². The lowest BCUT2D eigenvalue weighted by Crippen LogP contribution is -2.54. The summed E-state index contributed by atoms with van der Waals surface area (Å²) in [6.07, 6.45) is -4.99. The fourth-order valence-electron chi connectivity index (χ4n) is 3.38. The van der Waals surface area contributed by atoms with Gasteiger partial charge in [-0.1, -0.05) is 20.8 Å². The molecule has 32 heavy (non-hydrogen) atoms. The average molecular weight is 467 g/mol. The number of alkyl halides is 3. The van der Waals surface area contributed by atoms with Gasteiger partial charge in [-0.05, 0) is 31.6 Å². The summed E-state index contributed by atoms with van der Waals surface area (Å²) in [6.45, 7) is 4.45. The Morgan fingerprint density at radius 3 is 2.25 bits per heavy atom. The second-order valence-electron chi connectivity index (χ2n) is 8.10. The van der Waals surface area contributed by atoms with Crippen LogP contribution in [0.5, 0.6) is 0 Å². The van der Waals surface area contributed by atoms with Crippen LogP contribution in [-0.2, 0) is 28.7 Å². The van der Waals surface area contributed by atoms with Crippen LogP contribution in [0.4, 0.5) is 13.2 Å². The molecule has 0 aliphatic carbocycles. The molecule has 0 spiro atoms. The highest BCUT2D eigenvalue weighted by atomic mass is 19.4. The normalized spacial score (nSPS) is 19.2. The van der Waals surface area contributed by atoms with Crippen LogP contribution in [0.15, 0.2) is 0 Å². The first-order valence-corrected chi connectivity index (χ1v) is 10.5. The van der Waals surface area contributed by atoms with Crippen LogP contribution in [0.2, 0.25) is 0 Å². The number of carbonyl (C=O) groups is 4. The Bertz CT molecular complexity index is 667. The molecule has 0 saturated carbocycles. The highest BCUT2D eigenvalue weighted by Gasteiger charge is 2.36. The SMILES string of the molecule is CC[C@@H](OC)C(=O)N[C@@H](CC(C)C)C(=O)N[C@@H](C[C@@H]1CCNC1=O)C(=O)COC(F)(F)F. The molecular formula is C20H32F3N3O6. The Labute approximate surface area is 185 Å². The molecule has 3 N–H and O–H groups in total. The number of rotatable bonds is 13. The third-order valence-electron chi connectivity index (χ3n) is 5.05. The van der Waals surface area contributed by atoms with Crippen LogP contribution in [0.3, 0.4) is 0 Å². The number of amides is 3. The molecule has 0 unspecified atom stereocenters. The number of methoxy groups -OCH3 is 1. The van der Waals surface area contributed by atoms with Crippen LogP contribution in [0.1, 0.15) is 46.5 Å². The van der Waals surface area contributed by atoms with Crippen LogP contribution in [0, 0.1) is 11.8 Å². The second-order valence-corrected chi connectivity index (χ2v) is 8.10. The van der Waals surface area contributed by atoms with Gasteiger partial charge < -0.3 is 20.7 Å². The predicted molar refractivity (Wildman–Crippen MR) is 107 cm³/mol. The Hall–Kier alpha value is -2.21. The molecular weight excluding hydrogens is 435 g/mol. The van der Waals surface area contributed by atoms with Gasteiger partial charge in [0.05, 0.1) is 6.04 Å². The lowest BCUT2D eigenvalue weighted by atomic mass is 9.95. The summed E-state index contributed by atoms with van der Waals surface area (Å²) in [7, 11) is 1.35. The smallest absolute Gasteiger partial charge is 0.372 e. The minimum absolute atomic E-state index is 0.0167. The van der Waals surface area contributed by atoms with Crippen LogP contribution in [0.25, 0.3) is 0 Å². The first-order chi connectivity index (χ1) is 14.9. The summed E-state index contributed by atoms with van der Waals surface area (Å²) in [5.41, 5.74) is 0. The molecule has 4 atom stereocenters. The van der Waals surface area contributed by atoms with Gasteiger partial charge in [-0.2, -0.15) is 0 Å². The molecule has 0 radical (unpaired) electrons. The second kappa shape index (κ2) is 12.7. The number of hydrogen-bond acceptors (Lipinski definition) is 6. The van der Waals surface area contributed by atoms with Gasteiger partial charge in [0.15, 0.2) is 5.78 Å². The molecule has 0 aromatic rings. The summed E-state index contributed by atoms with van der Waals surface area (Å²) >= 11 is 0. The Morgan fingerprint density at radius 2 is 1.78 bits per heavy atom. The van der Waals surface area contributed by atoms with Gasteiger partial charge in [0.25, 0.3) is 0 Å². The van der Waals surface area contributed by atoms with Crippen LogP contribution >= 0.6 is 0 Å². The van der Waals surface area contributed by atoms with E-state index in [1.165, 1.54) is 7.11 Å². The summed E-state index contributed by atoms with van der Waals surface area (Å²) in [6, 6.07) is -2.42. The van der Waals surface area contributed by atoms with E-state index in [4.69, 9.17) is 4.74 Å². The van der Waals surface area contributed by atoms with E-state index in [2.05, 4.69) is 20.7 Å². The van der Waals surface area contributed by atoms with Crippen LogP contribution in [-0.4, -0.2) is 68.3 Å². The summed E-state index contributed by atoms with van der Waals surface area (Å²) in [5, 5.41) is 7.57. The molecule has 3 amide bonds. The van der Waals surface area contributed by atoms with E-state index in [-0.39, 0.29) is 24.7 Å². The average Bonchev–Trinajstić information content (AvgIpc) is 3.09. The zero-order valence-corrected chi connectivity index (χ0v) is 18.7. The highest BCUT2D eigenvalue weighted by Crippen LogP contribution is 2.20. The molecule has 1 rings (SSSR count). The first-order valence-electron chi connectivity index (χ1n) is 10.5. The molecule has 1 heterocycles. The van der Waals surface area contributed by atoms with Crippen molar-refractivity contribution in [2.75, 3.05) is 20.3 Å². The topological polar surface area (TPSA) is 123 Å². The lowest BCUT2D eigenvalue weighted by Gasteiger charge is -2.26. The van der Waals surface area contributed by atoms with Crippen molar-refractivity contribution >= 4 is 23.5 Å². The van der Waals surface area contributed by atoms with Crippen molar-refractivity contribution in [2.45, 2.75) is 71.0 Å². The van der Waals surface area contributed by atoms with E-state index in [9.17, 15) is 32.3 Å². The number of ether oxygens (including phenoxy) is 2. The Balaban J connectivity index is 2.97. The van der Waals surface area contributed by atoms with Crippen molar-refractivity contribution in [1.29, 1.82) is 0 Å². The molecule has 184 valence electrons. The number of Topliss-reactive ketones (excluding diaryl/α,β-unsaturated/α-hetero) is 1. The molecule has 1 fully saturated rings. The molecule has 12 heteroatoms. The van der Waals surface area contributed by atoms with Gasteiger partial charge in [0.1, 0.15) is 18.8 Å². The van der Waals surface area contributed by atoms with E-state index in [1.54, 1.807) is 6.92 Å². The maximum atomic E-state index is 12.9. The maximum absolute atomic E-state index is 12.9. The molecule has 9 nitrogen and oxygen atoms in total. The number of nitrogens with one attached hydrogen (secondary N) is 3. The van der Waals surface area contributed by atoms with Gasteiger partial charge in [-0.15, -0.1) is 13.2 Å². The molecule has 1 saturated heterocycles. The molecule has 0 aromatic carbocycles. The van der Waals surface area contributed by atoms with E-state index in [1.807, 2.05) is 13.8 Å². The highest BCUT2D eigenvalue weighted by molar-refractivity contribution is 5.94. The number of ketones is 1. The molecule has 1 aliphatic heterocycles. The third-order valence-corrected chi connectivity index (χ3v) is 5.05. The fraction of sp³-hybridized carbons (Fsp3) is 0.800. The molecule has 0 bridgehead atoms. The van der Waals surface area contributed by atoms with Crippen molar-refractivity contribution in [3.05, 3.63) is 0 Å². The monoisotopic (exact) mass is 467 g/mol. The standard InChI is InChI=1S/C20H32F3N3O6/c1-5-16(31-4)19(30)26-14(8-11(2)3)18(29)25-13(9-12-6-7-24-17(12)28)15(27)10-32-20(21,22)23/h11-14,16H,5-10H2,1-4H3,(H,24,28)(H,25,29)(H,26,30)/t12-,13-,14-,16+/m0/s1. The number of hydrogen-bond donors (Lipinski definition) is 3. The van der Waals surface area contributed by atoms with Gasteiger partial charge >= 0.3 is 6.36 Å². The van der Waals surface area contributed by atoms with Crippen molar-refractivity contribution in [1.82, 2.24) is 16.0 Å². The molecule has 1 aliphatic rings. The first kappa shape index (κ1) is 27.8. The lowest BCUT2D eigenvalue weighted by molar-refractivity contribution is -0.321. The van der Waals surface area contributed by atoms with Gasteiger partial charge in [-0.25, -0.2) is 0 Å². The predicted octanol–water partition coefficient (Wildman–Crippen LogP) is 1.06. The zero-order chi connectivity index (χ0) is 24.5. The van der Waals surface area contributed by atoms with E-state index in [0.29, 0.717) is 19.4 Å². The fourth-order valence-corrected chi connectivity index (χ4v) is 3.38. The summed E-state index contributed by atoms with van der Waals surface area (Å²) in [4.78, 5) is 49.6. The molecule has 0 aromatic heterocycles. The van der Waals surface area contributed by atoms with E-state index >= 15 is 0 Å². The van der Waals surface area contributed by atoms with Crippen LogP contribution < -0.4 is 16.0 Å². The Kier molecular flexibility index (Phi) is 11.1. The third kappa shape index (κ3) is 9.51. The summed E-state index contributed by atoms with van der Waals surface area (Å²) in [5.74, 6) is -3.26. The van der Waals surface area contributed by atoms with Gasteiger partial charge in [0.2, 0.25) is 17.7 Å². The van der Waals surface area contributed by atoms with E-state index in [0.717, 1.165) is 0 Å².